The Labute approximate surface area is 88.6 Å². The normalized spacial score (nSPS) is 12.5. The molecule has 0 aliphatic rings. The average Bonchev–Trinajstić information content (AvgIpc) is 2.61. The minimum absolute atomic E-state index is 0.476. The van der Waals surface area contributed by atoms with Crippen molar-refractivity contribution in [1.82, 2.24) is 9.19 Å². The molecular weight excluding hydrogens is 212 g/mol. The standard InChI is InChI=1S/C10H11N2O2S/c1-8(2)15(13,14)12-7-9-5-3-4-6-10(9)11-12/h3,5-8H,1-2H3. The Bertz CT molecular complexity index is 551. The van der Waals surface area contributed by atoms with Gasteiger partial charge in [0.05, 0.1) is 17.0 Å². The van der Waals surface area contributed by atoms with Crippen LogP contribution in [0.4, 0.5) is 0 Å². The maximum Gasteiger partial charge on any atom is 0.256 e. The molecular formula is C10H11N2O2S. The van der Waals surface area contributed by atoms with E-state index in [0.29, 0.717) is 5.52 Å². The third-order valence-corrected chi connectivity index (χ3v) is 4.09. The van der Waals surface area contributed by atoms with Crippen molar-refractivity contribution in [3.05, 3.63) is 30.5 Å². The van der Waals surface area contributed by atoms with Crippen molar-refractivity contribution in [1.29, 1.82) is 0 Å². The molecule has 1 aromatic heterocycles. The molecule has 2 aromatic rings. The lowest BCUT2D eigenvalue weighted by molar-refractivity contribution is 0.571. The lowest BCUT2D eigenvalue weighted by atomic mass is 10.3. The van der Waals surface area contributed by atoms with Gasteiger partial charge in [-0.3, -0.25) is 0 Å². The Balaban J connectivity index is 2.64. The molecule has 0 amide bonds. The van der Waals surface area contributed by atoms with Crippen LogP contribution in [0.1, 0.15) is 13.8 Å². The van der Waals surface area contributed by atoms with E-state index >= 15 is 0 Å². The van der Waals surface area contributed by atoms with Crippen molar-refractivity contribution >= 4 is 20.9 Å². The Hall–Kier alpha value is -1.36. The van der Waals surface area contributed by atoms with E-state index in [0.717, 1.165) is 9.47 Å². The quantitative estimate of drug-likeness (QED) is 0.773. The Morgan fingerprint density at radius 1 is 1.47 bits per heavy atom. The van der Waals surface area contributed by atoms with E-state index in [-0.39, 0.29) is 0 Å². The van der Waals surface area contributed by atoms with E-state index in [2.05, 4.69) is 11.2 Å². The van der Waals surface area contributed by atoms with Crippen LogP contribution in [0.2, 0.25) is 0 Å². The monoisotopic (exact) mass is 223 g/mol. The van der Waals surface area contributed by atoms with E-state index in [1.54, 1.807) is 32.0 Å². The van der Waals surface area contributed by atoms with E-state index in [9.17, 15) is 8.42 Å². The molecule has 0 saturated heterocycles. The van der Waals surface area contributed by atoms with E-state index in [1.165, 1.54) is 6.20 Å². The summed E-state index contributed by atoms with van der Waals surface area (Å²) in [6.45, 7) is 3.27. The topological polar surface area (TPSA) is 52.0 Å². The van der Waals surface area contributed by atoms with Crippen LogP contribution in [-0.2, 0) is 10.0 Å². The molecule has 79 valence electrons. The Kier molecular flexibility index (Phi) is 2.26. The molecule has 0 spiro atoms. The highest BCUT2D eigenvalue weighted by Gasteiger charge is 2.19. The third-order valence-electron chi connectivity index (χ3n) is 2.19. The van der Waals surface area contributed by atoms with E-state index in [1.807, 2.05) is 0 Å². The molecule has 0 aliphatic carbocycles. The summed E-state index contributed by atoms with van der Waals surface area (Å²) in [5.74, 6) is 0. The number of rotatable bonds is 2. The fourth-order valence-electron chi connectivity index (χ4n) is 1.23. The molecule has 5 heteroatoms. The summed E-state index contributed by atoms with van der Waals surface area (Å²) in [5, 5.41) is 4.33. The van der Waals surface area contributed by atoms with E-state index < -0.39 is 15.3 Å². The summed E-state index contributed by atoms with van der Waals surface area (Å²) < 4.78 is 24.6. The zero-order valence-corrected chi connectivity index (χ0v) is 9.32. The predicted molar refractivity (Wildman–Crippen MR) is 58.0 cm³/mol. The zero-order valence-electron chi connectivity index (χ0n) is 8.51. The van der Waals surface area contributed by atoms with Gasteiger partial charge in [-0.2, -0.15) is 9.19 Å². The number of hydrogen-bond donors (Lipinski definition) is 0. The van der Waals surface area contributed by atoms with Gasteiger partial charge in [-0.15, -0.1) is 0 Å². The van der Waals surface area contributed by atoms with Crippen molar-refractivity contribution in [2.75, 3.05) is 0 Å². The molecule has 2 rings (SSSR count). The largest absolute Gasteiger partial charge is 0.256 e. The summed E-state index contributed by atoms with van der Waals surface area (Å²) in [7, 11) is -3.35. The van der Waals surface area contributed by atoms with Gasteiger partial charge in [0.2, 0.25) is 0 Å². The molecule has 0 N–H and O–H groups in total. The second kappa shape index (κ2) is 3.34. The van der Waals surface area contributed by atoms with Crippen LogP contribution < -0.4 is 0 Å². The Morgan fingerprint density at radius 2 is 2.20 bits per heavy atom. The summed E-state index contributed by atoms with van der Waals surface area (Å²) in [6, 6.07) is 8.05. The number of benzene rings is 1. The van der Waals surface area contributed by atoms with Gasteiger partial charge < -0.3 is 0 Å². The fraction of sp³-hybridized carbons (Fsp3) is 0.300. The van der Waals surface area contributed by atoms with Crippen LogP contribution in [0, 0.1) is 6.07 Å². The smallest absolute Gasteiger partial charge is 0.204 e. The van der Waals surface area contributed by atoms with Crippen LogP contribution in [-0.4, -0.2) is 22.9 Å². The molecule has 0 fully saturated rings. The van der Waals surface area contributed by atoms with Gasteiger partial charge in [0.25, 0.3) is 10.0 Å². The molecule has 0 saturated carbocycles. The number of aromatic nitrogens is 2. The summed E-state index contributed by atoms with van der Waals surface area (Å²) in [6.07, 6.45) is 1.53. The number of nitrogens with zero attached hydrogens (tertiary/aromatic N) is 2. The molecule has 4 nitrogen and oxygen atoms in total. The van der Waals surface area contributed by atoms with Crippen molar-refractivity contribution in [3.63, 3.8) is 0 Å². The van der Waals surface area contributed by atoms with Crippen LogP contribution >= 0.6 is 0 Å². The molecule has 1 heterocycles. The molecule has 0 atom stereocenters. The maximum absolute atomic E-state index is 11.8. The summed E-state index contributed by atoms with van der Waals surface area (Å²) >= 11 is 0. The first-order valence-corrected chi connectivity index (χ1v) is 6.12. The van der Waals surface area contributed by atoms with Crippen LogP contribution in [0.3, 0.4) is 0 Å². The average molecular weight is 223 g/mol. The second-order valence-corrected chi connectivity index (χ2v) is 5.93. The van der Waals surface area contributed by atoms with Gasteiger partial charge in [0.1, 0.15) is 0 Å². The summed E-state index contributed by atoms with van der Waals surface area (Å²) in [4.78, 5) is 0. The van der Waals surface area contributed by atoms with Crippen LogP contribution in [0.25, 0.3) is 10.9 Å². The highest BCUT2D eigenvalue weighted by molar-refractivity contribution is 7.90. The first kappa shape index (κ1) is 10.2. The highest BCUT2D eigenvalue weighted by atomic mass is 32.2. The SMILES string of the molecule is CC(C)S(=O)(=O)n1cc2cc[c]cc2n1. The van der Waals surface area contributed by atoms with Crippen molar-refractivity contribution in [2.24, 2.45) is 0 Å². The van der Waals surface area contributed by atoms with Gasteiger partial charge in [-0.1, -0.05) is 12.1 Å². The van der Waals surface area contributed by atoms with Crippen molar-refractivity contribution < 1.29 is 8.42 Å². The molecule has 0 bridgehead atoms. The number of fused-ring (bicyclic) bond motifs is 1. The third kappa shape index (κ3) is 1.63. The van der Waals surface area contributed by atoms with Gasteiger partial charge in [-0.05, 0) is 26.0 Å². The van der Waals surface area contributed by atoms with Gasteiger partial charge >= 0.3 is 0 Å². The minimum Gasteiger partial charge on any atom is -0.204 e. The van der Waals surface area contributed by atoms with Crippen molar-refractivity contribution in [3.8, 4) is 0 Å². The van der Waals surface area contributed by atoms with Gasteiger partial charge in [0.15, 0.2) is 0 Å². The lowest BCUT2D eigenvalue weighted by Gasteiger charge is -2.05. The zero-order chi connectivity index (χ0) is 11.1. The second-order valence-electron chi connectivity index (χ2n) is 3.58. The van der Waals surface area contributed by atoms with E-state index in [4.69, 9.17) is 0 Å². The van der Waals surface area contributed by atoms with Gasteiger partial charge in [-0.25, -0.2) is 8.42 Å². The first-order valence-electron chi connectivity index (χ1n) is 4.61. The fourth-order valence-corrected chi connectivity index (χ4v) is 2.12. The first-order chi connectivity index (χ1) is 7.01. The molecule has 0 aliphatic heterocycles. The van der Waals surface area contributed by atoms with Crippen LogP contribution in [0.5, 0.6) is 0 Å². The lowest BCUT2D eigenvalue weighted by Crippen LogP contribution is -2.22. The van der Waals surface area contributed by atoms with Crippen LogP contribution in [0.15, 0.2) is 24.4 Å². The van der Waals surface area contributed by atoms with Crippen molar-refractivity contribution in [2.45, 2.75) is 19.1 Å². The minimum atomic E-state index is -3.35. The molecule has 1 aromatic carbocycles. The molecule has 15 heavy (non-hydrogen) atoms. The number of hydrogen-bond acceptors (Lipinski definition) is 3. The van der Waals surface area contributed by atoms with Gasteiger partial charge in [0, 0.05) is 5.39 Å². The maximum atomic E-state index is 11.8. The molecule has 0 unspecified atom stereocenters. The Morgan fingerprint density at radius 3 is 2.80 bits per heavy atom. The molecule has 1 radical (unpaired) electrons. The summed E-state index contributed by atoms with van der Waals surface area (Å²) in [5.41, 5.74) is 0.640. The highest BCUT2D eigenvalue weighted by Crippen LogP contribution is 2.13. The predicted octanol–water partition coefficient (Wildman–Crippen LogP) is 1.42.